The molecule has 0 fully saturated rings. The van der Waals surface area contributed by atoms with E-state index in [0.29, 0.717) is 11.0 Å². The lowest BCUT2D eigenvalue weighted by molar-refractivity contribution is -0.115. The number of hydrogen-bond acceptors (Lipinski definition) is 5. The number of hydrogen-bond donors (Lipinski definition) is 2. The number of primary amides is 1. The third-order valence-electron chi connectivity index (χ3n) is 1.60. The second kappa shape index (κ2) is 4.45. The van der Waals surface area contributed by atoms with Gasteiger partial charge in [0.25, 0.3) is 0 Å². The van der Waals surface area contributed by atoms with Gasteiger partial charge in [0, 0.05) is 10.9 Å². The van der Waals surface area contributed by atoms with E-state index < -0.39 is 0 Å². The van der Waals surface area contributed by atoms with E-state index in [1.54, 1.807) is 11.3 Å². The third-order valence-corrected chi connectivity index (χ3v) is 3.16. The fraction of sp³-hybridized carbons (Fsp3) is 0.125. The van der Waals surface area contributed by atoms with Crippen LogP contribution in [0, 0.1) is 0 Å². The van der Waals surface area contributed by atoms with Crippen LogP contribution in [0.15, 0.2) is 22.0 Å². The number of nitrogens with two attached hydrogens (primary N) is 1. The predicted molar refractivity (Wildman–Crippen MR) is 59.6 cm³/mol. The van der Waals surface area contributed by atoms with Crippen molar-refractivity contribution in [2.75, 3.05) is 5.75 Å². The number of rotatable bonds is 4. The summed E-state index contributed by atoms with van der Waals surface area (Å²) in [4.78, 5) is 14.8. The molecule has 0 radical (unpaired) electrons. The molecule has 2 aromatic rings. The molecule has 0 aliphatic heterocycles. The van der Waals surface area contributed by atoms with Crippen molar-refractivity contribution in [2.24, 2.45) is 5.73 Å². The lowest BCUT2D eigenvalue weighted by atomic mass is 10.3. The van der Waals surface area contributed by atoms with Crippen LogP contribution in [0.3, 0.4) is 0 Å². The zero-order valence-electron chi connectivity index (χ0n) is 7.64. The Balaban J connectivity index is 2.08. The monoisotopic (exact) mass is 240 g/mol. The summed E-state index contributed by atoms with van der Waals surface area (Å²) in [7, 11) is 0. The van der Waals surface area contributed by atoms with Gasteiger partial charge in [0.05, 0.1) is 5.75 Å². The smallest absolute Gasteiger partial charge is 0.227 e. The molecule has 0 saturated carbocycles. The number of amides is 1. The summed E-state index contributed by atoms with van der Waals surface area (Å²) >= 11 is 2.82. The van der Waals surface area contributed by atoms with Gasteiger partial charge in [-0.3, -0.25) is 9.89 Å². The summed E-state index contributed by atoms with van der Waals surface area (Å²) in [6.07, 6.45) is 0. The summed E-state index contributed by atoms with van der Waals surface area (Å²) in [6, 6.07) is 1.95. The fourth-order valence-electron chi connectivity index (χ4n) is 0.975. The second-order valence-electron chi connectivity index (χ2n) is 2.73. The molecule has 1 amide bonds. The highest BCUT2D eigenvalue weighted by Crippen LogP contribution is 2.20. The zero-order chi connectivity index (χ0) is 10.7. The number of aromatic amines is 1. The van der Waals surface area contributed by atoms with Gasteiger partial charge >= 0.3 is 0 Å². The molecular formula is C8H8N4OS2. The zero-order valence-corrected chi connectivity index (χ0v) is 9.27. The van der Waals surface area contributed by atoms with Crippen LogP contribution in [0.2, 0.25) is 0 Å². The number of nitrogens with zero attached hydrogens (tertiary/aromatic N) is 2. The number of carbonyl (C=O) groups is 1. The maximum absolute atomic E-state index is 10.5. The van der Waals surface area contributed by atoms with Crippen LogP contribution in [0.1, 0.15) is 0 Å². The molecule has 78 valence electrons. The molecule has 0 aliphatic carbocycles. The van der Waals surface area contributed by atoms with Gasteiger partial charge in [-0.15, -0.1) is 5.10 Å². The molecule has 7 heteroatoms. The predicted octanol–water partition coefficient (Wildman–Crippen LogP) is 1.11. The molecule has 0 aliphatic rings. The fourth-order valence-corrected chi connectivity index (χ4v) is 2.15. The minimum absolute atomic E-state index is 0.195. The number of H-pyrrole nitrogens is 1. The molecule has 3 N–H and O–H groups in total. The minimum atomic E-state index is -0.373. The van der Waals surface area contributed by atoms with E-state index in [2.05, 4.69) is 15.2 Å². The van der Waals surface area contributed by atoms with Gasteiger partial charge in [-0.1, -0.05) is 11.8 Å². The molecule has 5 nitrogen and oxygen atoms in total. The Labute approximate surface area is 94.1 Å². The largest absolute Gasteiger partial charge is 0.369 e. The molecule has 2 rings (SSSR count). The van der Waals surface area contributed by atoms with Gasteiger partial charge in [0.15, 0.2) is 5.82 Å². The Morgan fingerprint density at radius 1 is 1.67 bits per heavy atom. The normalized spacial score (nSPS) is 10.4. The average molecular weight is 240 g/mol. The van der Waals surface area contributed by atoms with E-state index in [1.807, 2.05) is 16.8 Å². The van der Waals surface area contributed by atoms with Crippen molar-refractivity contribution < 1.29 is 4.79 Å². The Morgan fingerprint density at radius 2 is 2.53 bits per heavy atom. The van der Waals surface area contributed by atoms with Crippen molar-refractivity contribution in [3.63, 3.8) is 0 Å². The Kier molecular flexibility index (Phi) is 3.02. The van der Waals surface area contributed by atoms with Crippen LogP contribution in [0.4, 0.5) is 0 Å². The highest BCUT2D eigenvalue weighted by Gasteiger charge is 2.07. The standard InChI is InChI=1S/C8H8N4OS2/c9-6(13)4-15-8-10-7(11-12-8)5-1-2-14-3-5/h1-3H,4H2,(H2,9,13)(H,10,11,12). The van der Waals surface area contributed by atoms with Crippen LogP contribution in [0.5, 0.6) is 0 Å². The first-order chi connectivity index (χ1) is 7.25. The topological polar surface area (TPSA) is 84.7 Å². The van der Waals surface area contributed by atoms with Gasteiger partial charge in [-0.05, 0) is 11.4 Å². The Bertz CT molecular complexity index is 451. The van der Waals surface area contributed by atoms with Crippen LogP contribution in [-0.2, 0) is 4.79 Å². The lowest BCUT2D eigenvalue weighted by Gasteiger charge is -1.89. The van der Waals surface area contributed by atoms with E-state index in [9.17, 15) is 4.79 Å². The van der Waals surface area contributed by atoms with Crippen molar-refractivity contribution in [3.8, 4) is 11.4 Å². The third kappa shape index (κ3) is 2.57. The first kappa shape index (κ1) is 10.2. The van der Waals surface area contributed by atoms with Crippen molar-refractivity contribution in [1.29, 1.82) is 0 Å². The molecule has 0 bridgehead atoms. The number of thioether (sulfide) groups is 1. The van der Waals surface area contributed by atoms with Gasteiger partial charge < -0.3 is 5.73 Å². The van der Waals surface area contributed by atoms with E-state index in [0.717, 1.165) is 5.56 Å². The van der Waals surface area contributed by atoms with Crippen molar-refractivity contribution in [1.82, 2.24) is 15.2 Å². The van der Waals surface area contributed by atoms with E-state index in [1.165, 1.54) is 11.8 Å². The van der Waals surface area contributed by atoms with Crippen LogP contribution < -0.4 is 5.73 Å². The number of carbonyl (C=O) groups excluding carboxylic acids is 1. The Morgan fingerprint density at radius 3 is 3.20 bits per heavy atom. The van der Waals surface area contributed by atoms with E-state index in [-0.39, 0.29) is 11.7 Å². The number of aromatic nitrogens is 3. The molecule has 0 saturated heterocycles. The summed E-state index contributed by atoms with van der Waals surface area (Å²) in [6.45, 7) is 0. The van der Waals surface area contributed by atoms with Gasteiger partial charge in [0.2, 0.25) is 11.1 Å². The van der Waals surface area contributed by atoms with Crippen molar-refractivity contribution in [3.05, 3.63) is 16.8 Å². The van der Waals surface area contributed by atoms with Gasteiger partial charge in [-0.2, -0.15) is 11.3 Å². The highest BCUT2D eigenvalue weighted by molar-refractivity contribution is 7.99. The number of nitrogens with one attached hydrogen (secondary N) is 1. The highest BCUT2D eigenvalue weighted by atomic mass is 32.2. The molecular weight excluding hydrogens is 232 g/mol. The van der Waals surface area contributed by atoms with Crippen LogP contribution in [0.25, 0.3) is 11.4 Å². The quantitative estimate of drug-likeness (QED) is 0.784. The SMILES string of the molecule is NC(=O)CSc1n[nH]c(-c2ccsc2)n1. The Hall–Kier alpha value is -1.34. The van der Waals surface area contributed by atoms with E-state index in [4.69, 9.17) is 5.73 Å². The van der Waals surface area contributed by atoms with Gasteiger partial charge in [-0.25, -0.2) is 4.98 Å². The van der Waals surface area contributed by atoms with E-state index >= 15 is 0 Å². The molecule has 2 heterocycles. The summed E-state index contributed by atoms with van der Waals surface area (Å²) in [5.74, 6) is 0.533. The summed E-state index contributed by atoms with van der Waals surface area (Å²) in [5.41, 5.74) is 6.02. The van der Waals surface area contributed by atoms with Gasteiger partial charge in [0.1, 0.15) is 0 Å². The lowest BCUT2D eigenvalue weighted by Crippen LogP contribution is -2.13. The maximum Gasteiger partial charge on any atom is 0.227 e. The van der Waals surface area contributed by atoms with Crippen molar-refractivity contribution in [2.45, 2.75) is 5.16 Å². The summed E-state index contributed by atoms with van der Waals surface area (Å²) < 4.78 is 0. The first-order valence-electron chi connectivity index (χ1n) is 4.12. The van der Waals surface area contributed by atoms with Crippen LogP contribution >= 0.6 is 23.1 Å². The number of thiophene rings is 1. The first-order valence-corrected chi connectivity index (χ1v) is 6.04. The minimum Gasteiger partial charge on any atom is -0.369 e. The van der Waals surface area contributed by atoms with Crippen LogP contribution in [-0.4, -0.2) is 26.8 Å². The summed E-state index contributed by atoms with van der Waals surface area (Å²) in [5, 5.41) is 11.3. The molecule has 0 atom stereocenters. The van der Waals surface area contributed by atoms with Crippen molar-refractivity contribution >= 4 is 29.0 Å². The molecule has 0 aromatic carbocycles. The maximum atomic E-state index is 10.5. The molecule has 0 spiro atoms. The molecule has 0 unspecified atom stereocenters. The average Bonchev–Trinajstić information content (AvgIpc) is 2.85. The second-order valence-corrected chi connectivity index (χ2v) is 4.46. The molecule has 2 aromatic heterocycles. The molecule has 15 heavy (non-hydrogen) atoms.